The zero-order chi connectivity index (χ0) is 13.7. The average Bonchev–Trinajstić information content (AvgIpc) is 2.91. The van der Waals surface area contributed by atoms with Gasteiger partial charge in [0.1, 0.15) is 0 Å². The number of nitriles is 1. The summed E-state index contributed by atoms with van der Waals surface area (Å²) in [5, 5.41) is 8.81. The minimum absolute atomic E-state index is 0.227. The van der Waals surface area contributed by atoms with E-state index in [2.05, 4.69) is 0 Å². The number of methoxy groups -OCH3 is 1. The third-order valence-corrected chi connectivity index (χ3v) is 3.45. The van der Waals surface area contributed by atoms with Gasteiger partial charge in [0.25, 0.3) is 0 Å². The van der Waals surface area contributed by atoms with Crippen molar-refractivity contribution >= 4 is 5.97 Å². The molecule has 100 valence electrons. The van der Waals surface area contributed by atoms with Gasteiger partial charge in [-0.25, -0.2) is 0 Å². The Morgan fingerprint density at radius 2 is 2.11 bits per heavy atom. The number of benzene rings is 1. The molecule has 0 bridgehead atoms. The number of carbonyl (C=O) groups is 1. The van der Waals surface area contributed by atoms with Gasteiger partial charge in [-0.1, -0.05) is 12.8 Å². The highest BCUT2D eigenvalue weighted by Gasteiger charge is 2.20. The van der Waals surface area contributed by atoms with Gasteiger partial charge in [-0.05, 0) is 30.9 Å². The first-order chi connectivity index (χ1) is 9.22. The van der Waals surface area contributed by atoms with E-state index in [1.165, 1.54) is 20.0 Å². The fourth-order valence-corrected chi connectivity index (χ4v) is 2.44. The quantitative estimate of drug-likeness (QED) is 0.616. The van der Waals surface area contributed by atoms with E-state index >= 15 is 0 Å². The van der Waals surface area contributed by atoms with Gasteiger partial charge in [-0.15, -0.1) is 0 Å². The maximum absolute atomic E-state index is 11.8. The number of hydrogen-bond acceptors (Lipinski definition) is 4. The van der Waals surface area contributed by atoms with E-state index in [0.717, 1.165) is 12.8 Å². The fraction of sp³-hybridized carbons (Fsp3) is 0.467. The van der Waals surface area contributed by atoms with Gasteiger partial charge in [0.2, 0.25) is 0 Å². The average molecular weight is 259 g/mol. The van der Waals surface area contributed by atoms with E-state index in [1.54, 1.807) is 18.2 Å². The Morgan fingerprint density at radius 1 is 1.37 bits per heavy atom. The van der Waals surface area contributed by atoms with Gasteiger partial charge >= 0.3 is 5.97 Å². The van der Waals surface area contributed by atoms with Gasteiger partial charge in [0.05, 0.1) is 18.7 Å². The summed E-state index contributed by atoms with van der Waals surface area (Å²) in [7, 11) is 1.49. The summed E-state index contributed by atoms with van der Waals surface area (Å²) in [6.07, 6.45) is 5.10. The summed E-state index contributed by atoms with van der Waals surface area (Å²) in [4.78, 5) is 11.8. The first-order valence-electron chi connectivity index (χ1n) is 6.51. The first-order valence-corrected chi connectivity index (χ1v) is 6.51. The smallest absolute Gasteiger partial charge is 0.311 e. The molecule has 0 heterocycles. The molecule has 4 nitrogen and oxygen atoms in total. The third kappa shape index (κ3) is 3.47. The second kappa shape index (κ2) is 6.24. The predicted molar refractivity (Wildman–Crippen MR) is 69.9 cm³/mol. The van der Waals surface area contributed by atoms with Crippen molar-refractivity contribution in [1.82, 2.24) is 0 Å². The highest BCUT2D eigenvalue weighted by Crippen LogP contribution is 2.31. The lowest BCUT2D eigenvalue weighted by Crippen LogP contribution is -2.12. The zero-order valence-corrected chi connectivity index (χ0v) is 11.0. The molecule has 1 aliphatic carbocycles. The SMILES string of the molecule is COc1cc(C#N)ccc1OC(=O)CC1CCCC1. The van der Waals surface area contributed by atoms with Crippen molar-refractivity contribution < 1.29 is 14.3 Å². The van der Waals surface area contributed by atoms with E-state index in [4.69, 9.17) is 14.7 Å². The normalized spacial score (nSPS) is 14.9. The van der Waals surface area contributed by atoms with Crippen LogP contribution < -0.4 is 9.47 Å². The summed E-state index contributed by atoms with van der Waals surface area (Å²) in [5.41, 5.74) is 0.479. The number of carbonyl (C=O) groups excluding carboxylic acids is 1. The molecule has 4 heteroatoms. The molecule has 0 amide bonds. The van der Waals surface area contributed by atoms with Crippen molar-refractivity contribution in [3.8, 4) is 17.6 Å². The predicted octanol–water partition coefficient (Wildman–Crippen LogP) is 3.05. The van der Waals surface area contributed by atoms with Crippen molar-refractivity contribution in [1.29, 1.82) is 5.26 Å². The number of ether oxygens (including phenoxy) is 2. The largest absolute Gasteiger partial charge is 0.493 e. The molecule has 0 N–H and O–H groups in total. The van der Waals surface area contributed by atoms with Gasteiger partial charge in [-0.3, -0.25) is 4.79 Å². The van der Waals surface area contributed by atoms with Crippen molar-refractivity contribution in [2.75, 3.05) is 7.11 Å². The van der Waals surface area contributed by atoms with Crippen LogP contribution in [0, 0.1) is 17.2 Å². The van der Waals surface area contributed by atoms with Crippen molar-refractivity contribution in [3.63, 3.8) is 0 Å². The van der Waals surface area contributed by atoms with Crippen molar-refractivity contribution in [3.05, 3.63) is 23.8 Å². The number of esters is 1. The summed E-state index contributed by atoms with van der Waals surface area (Å²) >= 11 is 0. The maximum atomic E-state index is 11.8. The molecule has 0 unspecified atom stereocenters. The molecule has 0 radical (unpaired) electrons. The molecule has 0 atom stereocenters. The Balaban J connectivity index is 2.01. The molecule has 1 aliphatic rings. The van der Waals surface area contributed by atoms with E-state index in [-0.39, 0.29) is 5.97 Å². The first kappa shape index (κ1) is 13.4. The van der Waals surface area contributed by atoms with Crippen LogP contribution in [0.1, 0.15) is 37.7 Å². The van der Waals surface area contributed by atoms with Crippen LogP contribution in [0.25, 0.3) is 0 Å². The Kier molecular flexibility index (Phi) is 4.40. The van der Waals surface area contributed by atoms with Crippen LogP contribution in [0.3, 0.4) is 0 Å². The molecule has 0 aliphatic heterocycles. The van der Waals surface area contributed by atoms with Gasteiger partial charge in [0.15, 0.2) is 11.5 Å². The molecule has 1 aromatic rings. The van der Waals surface area contributed by atoms with Crippen LogP contribution in [0.4, 0.5) is 0 Å². The minimum Gasteiger partial charge on any atom is -0.493 e. The molecular weight excluding hydrogens is 242 g/mol. The van der Waals surface area contributed by atoms with Crippen LogP contribution in [0.15, 0.2) is 18.2 Å². The monoisotopic (exact) mass is 259 g/mol. The maximum Gasteiger partial charge on any atom is 0.311 e. The van der Waals surface area contributed by atoms with E-state index < -0.39 is 0 Å². The van der Waals surface area contributed by atoms with E-state index in [0.29, 0.717) is 29.4 Å². The van der Waals surface area contributed by atoms with Crippen LogP contribution in [-0.4, -0.2) is 13.1 Å². The Hall–Kier alpha value is -2.02. The summed E-state index contributed by atoms with van der Waals surface area (Å²) in [6.45, 7) is 0. The molecule has 19 heavy (non-hydrogen) atoms. The van der Waals surface area contributed by atoms with E-state index in [9.17, 15) is 4.79 Å². The minimum atomic E-state index is -0.227. The lowest BCUT2D eigenvalue weighted by molar-refractivity contribution is -0.135. The van der Waals surface area contributed by atoms with Gasteiger partial charge < -0.3 is 9.47 Å². The second-order valence-electron chi connectivity index (χ2n) is 4.81. The number of hydrogen-bond donors (Lipinski definition) is 0. The second-order valence-corrected chi connectivity index (χ2v) is 4.81. The number of nitrogens with zero attached hydrogens (tertiary/aromatic N) is 1. The van der Waals surface area contributed by atoms with Crippen LogP contribution in [0.5, 0.6) is 11.5 Å². The van der Waals surface area contributed by atoms with Crippen LogP contribution >= 0.6 is 0 Å². The lowest BCUT2D eigenvalue weighted by Gasteiger charge is -2.11. The lowest BCUT2D eigenvalue weighted by atomic mass is 10.0. The Morgan fingerprint density at radius 3 is 2.74 bits per heavy atom. The van der Waals surface area contributed by atoms with Crippen LogP contribution in [-0.2, 0) is 4.79 Å². The summed E-state index contributed by atoms with van der Waals surface area (Å²) < 4.78 is 10.5. The topological polar surface area (TPSA) is 59.3 Å². The molecule has 2 rings (SSSR count). The van der Waals surface area contributed by atoms with E-state index in [1.807, 2.05) is 6.07 Å². The van der Waals surface area contributed by atoms with Crippen molar-refractivity contribution in [2.24, 2.45) is 5.92 Å². The fourth-order valence-electron chi connectivity index (χ4n) is 2.44. The Bertz CT molecular complexity index is 499. The summed E-state index contributed by atoms with van der Waals surface area (Å²) in [5.74, 6) is 1.02. The highest BCUT2D eigenvalue weighted by atomic mass is 16.6. The highest BCUT2D eigenvalue weighted by molar-refractivity contribution is 5.73. The van der Waals surface area contributed by atoms with Crippen LogP contribution in [0.2, 0.25) is 0 Å². The summed E-state index contributed by atoms with van der Waals surface area (Å²) in [6, 6.07) is 6.80. The molecule has 0 saturated heterocycles. The Labute approximate surface area is 112 Å². The molecule has 0 spiro atoms. The molecule has 1 aromatic carbocycles. The standard InChI is InChI=1S/C15H17NO3/c1-18-14-8-12(10-16)6-7-13(14)19-15(17)9-11-4-2-3-5-11/h6-8,11H,2-5,9H2,1H3. The number of rotatable bonds is 4. The molecular formula is C15H17NO3. The van der Waals surface area contributed by atoms with Crippen molar-refractivity contribution in [2.45, 2.75) is 32.1 Å². The third-order valence-electron chi connectivity index (χ3n) is 3.45. The zero-order valence-electron chi connectivity index (χ0n) is 11.0. The van der Waals surface area contributed by atoms with Gasteiger partial charge in [-0.2, -0.15) is 5.26 Å². The molecule has 0 aromatic heterocycles. The molecule has 1 fully saturated rings. The molecule has 1 saturated carbocycles. The van der Waals surface area contributed by atoms with Gasteiger partial charge in [0, 0.05) is 12.5 Å².